The van der Waals surface area contributed by atoms with E-state index in [1.165, 1.54) is 6.07 Å². The Bertz CT molecular complexity index is 878. The Morgan fingerprint density at radius 2 is 1.73 bits per heavy atom. The monoisotopic (exact) mass is 415 g/mol. The third kappa shape index (κ3) is 7.48. The fourth-order valence-electron chi connectivity index (χ4n) is 2.74. The minimum atomic E-state index is -0.625. The van der Waals surface area contributed by atoms with E-state index < -0.39 is 11.7 Å². The highest BCUT2D eigenvalue weighted by atomic mass is 19.1. The maximum absolute atomic E-state index is 14.1. The summed E-state index contributed by atoms with van der Waals surface area (Å²) in [5.41, 5.74) is 0.681. The highest BCUT2D eigenvalue weighted by molar-refractivity contribution is 5.96. The number of hydrogen-bond donors (Lipinski definition) is 1. The molecule has 0 saturated carbocycles. The number of carbonyl (C=O) groups excluding carboxylic acids is 2. The van der Waals surface area contributed by atoms with Crippen molar-refractivity contribution in [3.05, 3.63) is 65.5 Å². The molecule has 2 aromatic carbocycles. The summed E-state index contributed by atoms with van der Waals surface area (Å²) in [6.07, 6.45) is -0.595. The van der Waals surface area contributed by atoms with Gasteiger partial charge in [0.1, 0.15) is 11.4 Å². The molecular weight excluding hydrogens is 385 g/mol. The van der Waals surface area contributed by atoms with Crippen molar-refractivity contribution in [2.45, 2.75) is 32.9 Å². The standard InChI is InChI=1S/C23H30FN3O3/c1-23(2,3)30-22(29)25-19-11-8-10-17(15-19)21(28)27(14-13-26(4)5)16-18-9-6-7-12-20(18)24/h6-12,15H,13-14,16H2,1-5H3,(H,25,29). The Hall–Kier alpha value is -2.93. The highest BCUT2D eigenvalue weighted by Crippen LogP contribution is 2.17. The molecular formula is C23H30FN3O3. The van der Waals surface area contributed by atoms with E-state index in [4.69, 9.17) is 4.74 Å². The Kier molecular flexibility index (Phi) is 7.94. The van der Waals surface area contributed by atoms with Gasteiger partial charge in [-0.1, -0.05) is 24.3 Å². The number of carbonyl (C=O) groups is 2. The minimum Gasteiger partial charge on any atom is -0.444 e. The predicted molar refractivity (Wildman–Crippen MR) is 116 cm³/mol. The number of halogens is 1. The van der Waals surface area contributed by atoms with E-state index in [2.05, 4.69) is 5.32 Å². The molecule has 162 valence electrons. The smallest absolute Gasteiger partial charge is 0.412 e. The van der Waals surface area contributed by atoms with Crippen LogP contribution in [-0.4, -0.2) is 54.6 Å². The fraction of sp³-hybridized carbons (Fsp3) is 0.391. The van der Waals surface area contributed by atoms with E-state index in [1.807, 2.05) is 19.0 Å². The molecule has 0 unspecified atom stereocenters. The van der Waals surface area contributed by atoms with Crippen LogP contribution in [0.25, 0.3) is 0 Å². The van der Waals surface area contributed by atoms with Gasteiger partial charge in [0, 0.05) is 36.4 Å². The molecule has 6 nitrogen and oxygen atoms in total. The molecule has 0 spiro atoms. The first kappa shape index (κ1) is 23.3. The molecule has 0 aliphatic heterocycles. The third-order valence-electron chi connectivity index (χ3n) is 4.18. The largest absolute Gasteiger partial charge is 0.444 e. The molecule has 0 bridgehead atoms. The summed E-state index contributed by atoms with van der Waals surface area (Å²) in [6, 6.07) is 13.1. The molecule has 1 N–H and O–H groups in total. The van der Waals surface area contributed by atoms with Crippen LogP contribution in [0.2, 0.25) is 0 Å². The number of anilines is 1. The van der Waals surface area contributed by atoms with Crippen molar-refractivity contribution in [2.75, 3.05) is 32.5 Å². The number of nitrogens with zero attached hydrogens (tertiary/aromatic N) is 2. The second-order valence-corrected chi connectivity index (χ2v) is 8.33. The van der Waals surface area contributed by atoms with Crippen molar-refractivity contribution in [2.24, 2.45) is 0 Å². The van der Waals surface area contributed by atoms with Gasteiger partial charge in [-0.05, 0) is 59.1 Å². The van der Waals surface area contributed by atoms with Gasteiger partial charge in [-0.3, -0.25) is 10.1 Å². The third-order valence-corrected chi connectivity index (χ3v) is 4.18. The zero-order valence-electron chi connectivity index (χ0n) is 18.2. The molecule has 0 fully saturated rings. The first-order valence-electron chi connectivity index (χ1n) is 9.82. The van der Waals surface area contributed by atoms with E-state index in [1.54, 1.807) is 68.1 Å². The van der Waals surface area contributed by atoms with Crippen LogP contribution in [0.15, 0.2) is 48.5 Å². The predicted octanol–water partition coefficient (Wildman–Crippen LogP) is 4.38. The number of ether oxygens (including phenoxy) is 1. The minimum absolute atomic E-state index is 0.156. The Morgan fingerprint density at radius 1 is 1.03 bits per heavy atom. The lowest BCUT2D eigenvalue weighted by molar-refractivity contribution is 0.0634. The van der Waals surface area contributed by atoms with Crippen LogP contribution in [0.1, 0.15) is 36.7 Å². The zero-order chi connectivity index (χ0) is 22.3. The van der Waals surface area contributed by atoms with Crippen LogP contribution in [0.4, 0.5) is 14.9 Å². The van der Waals surface area contributed by atoms with Crippen LogP contribution >= 0.6 is 0 Å². The van der Waals surface area contributed by atoms with Crippen molar-refractivity contribution < 1.29 is 18.7 Å². The normalized spacial score (nSPS) is 11.3. The highest BCUT2D eigenvalue weighted by Gasteiger charge is 2.20. The maximum atomic E-state index is 14.1. The SMILES string of the molecule is CN(C)CCN(Cc1ccccc1F)C(=O)c1cccc(NC(=O)OC(C)(C)C)c1. The number of rotatable bonds is 7. The van der Waals surface area contributed by atoms with E-state index in [0.29, 0.717) is 29.9 Å². The van der Waals surface area contributed by atoms with Gasteiger partial charge in [0.2, 0.25) is 0 Å². The summed E-state index contributed by atoms with van der Waals surface area (Å²) in [4.78, 5) is 28.8. The van der Waals surface area contributed by atoms with Crippen LogP contribution in [0.5, 0.6) is 0 Å². The molecule has 0 aliphatic rings. The van der Waals surface area contributed by atoms with Crippen LogP contribution in [-0.2, 0) is 11.3 Å². The summed E-state index contributed by atoms with van der Waals surface area (Å²) in [7, 11) is 3.83. The molecule has 0 atom stereocenters. The number of amides is 2. The molecule has 0 aromatic heterocycles. The average Bonchev–Trinajstić information content (AvgIpc) is 2.64. The van der Waals surface area contributed by atoms with Gasteiger partial charge >= 0.3 is 6.09 Å². The molecule has 0 heterocycles. The van der Waals surface area contributed by atoms with Gasteiger partial charge in [0.25, 0.3) is 5.91 Å². The molecule has 2 amide bonds. The molecule has 2 rings (SSSR count). The van der Waals surface area contributed by atoms with Crippen LogP contribution in [0, 0.1) is 5.82 Å². The van der Waals surface area contributed by atoms with Gasteiger partial charge in [-0.15, -0.1) is 0 Å². The summed E-state index contributed by atoms with van der Waals surface area (Å²) in [6.45, 7) is 6.55. The van der Waals surface area contributed by atoms with Crippen molar-refractivity contribution in [1.29, 1.82) is 0 Å². The summed E-state index contributed by atoms with van der Waals surface area (Å²) < 4.78 is 19.4. The van der Waals surface area contributed by atoms with E-state index >= 15 is 0 Å². The van der Waals surface area contributed by atoms with E-state index in [0.717, 1.165) is 0 Å². The number of hydrogen-bond acceptors (Lipinski definition) is 4. The molecule has 0 aliphatic carbocycles. The second-order valence-electron chi connectivity index (χ2n) is 8.33. The first-order chi connectivity index (χ1) is 14.0. The molecule has 7 heteroatoms. The Labute approximate surface area is 177 Å². The summed E-state index contributed by atoms with van der Waals surface area (Å²) in [5.74, 6) is -0.589. The number of nitrogens with one attached hydrogen (secondary N) is 1. The lowest BCUT2D eigenvalue weighted by atomic mass is 10.1. The zero-order valence-corrected chi connectivity index (χ0v) is 18.2. The quantitative estimate of drug-likeness (QED) is 0.729. The van der Waals surface area contributed by atoms with Crippen LogP contribution in [0.3, 0.4) is 0 Å². The van der Waals surface area contributed by atoms with Crippen molar-refractivity contribution in [3.8, 4) is 0 Å². The van der Waals surface area contributed by atoms with Gasteiger partial charge in [0.05, 0.1) is 0 Å². The lowest BCUT2D eigenvalue weighted by Crippen LogP contribution is -2.36. The van der Waals surface area contributed by atoms with E-state index in [-0.39, 0.29) is 18.3 Å². The fourth-order valence-corrected chi connectivity index (χ4v) is 2.74. The van der Waals surface area contributed by atoms with Gasteiger partial charge in [-0.2, -0.15) is 0 Å². The molecule has 2 aromatic rings. The average molecular weight is 416 g/mol. The molecule has 30 heavy (non-hydrogen) atoms. The topological polar surface area (TPSA) is 61.9 Å². The maximum Gasteiger partial charge on any atom is 0.412 e. The summed E-state index contributed by atoms with van der Waals surface area (Å²) in [5, 5.41) is 2.64. The van der Waals surface area contributed by atoms with Gasteiger partial charge in [0.15, 0.2) is 0 Å². The second kappa shape index (κ2) is 10.2. The van der Waals surface area contributed by atoms with Crippen molar-refractivity contribution in [3.63, 3.8) is 0 Å². The molecule has 0 radical (unpaired) electrons. The van der Waals surface area contributed by atoms with E-state index in [9.17, 15) is 14.0 Å². The van der Waals surface area contributed by atoms with Crippen molar-refractivity contribution in [1.82, 2.24) is 9.80 Å². The van der Waals surface area contributed by atoms with Gasteiger partial charge < -0.3 is 14.5 Å². The van der Waals surface area contributed by atoms with Gasteiger partial charge in [-0.25, -0.2) is 9.18 Å². The first-order valence-corrected chi connectivity index (χ1v) is 9.82. The van der Waals surface area contributed by atoms with Crippen LogP contribution < -0.4 is 5.32 Å². The van der Waals surface area contributed by atoms with Crippen molar-refractivity contribution >= 4 is 17.7 Å². The Morgan fingerprint density at radius 3 is 2.37 bits per heavy atom. The molecule has 0 saturated heterocycles. The Balaban J connectivity index is 2.20. The number of benzene rings is 2. The lowest BCUT2D eigenvalue weighted by Gasteiger charge is -2.25. The summed E-state index contributed by atoms with van der Waals surface area (Å²) >= 11 is 0. The number of likely N-dealkylation sites (N-methyl/N-ethyl adjacent to an activating group) is 1.